The summed E-state index contributed by atoms with van der Waals surface area (Å²) in [7, 11) is 2.93. The van der Waals surface area contributed by atoms with Crippen LogP contribution in [0.5, 0.6) is 11.5 Å². The average Bonchev–Trinajstić information content (AvgIpc) is 2.74. The smallest absolute Gasteiger partial charge is 0.323 e. The normalized spacial score (nSPS) is 10.1. The highest BCUT2D eigenvalue weighted by atomic mass is 35.5. The van der Waals surface area contributed by atoms with E-state index in [1.165, 1.54) is 14.2 Å². The molecule has 0 fully saturated rings. The molecule has 3 aromatic rings. The summed E-state index contributed by atoms with van der Waals surface area (Å²) in [5.74, 6) is 0.411. The number of anilines is 3. The fourth-order valence-electron chi connectivity index (χ4n) is 2.73. The first-order chi connectivity index (χ1) is 14.5. The highest BCUT2D eigenvalue weighted by Crippen LogP contribution is 2.36. The quantitative estimate of drug-likeness (QED) is 0.503. The predicted molar refractivity (Wildman–Crippen MR) is 118 cm³/mol. The molecule has 0 spiro atoms. The number of hydrogen-bond acceptors (Lipinski definition) is 4. The Labute approximate surface area is 179 Å². The maximum Gasteiger partial charge on any atom is 0.323 e. The van der Waals surface area contributed by atoms with Gasteiger partial charge in [0.1, 0.15) is 11.5 Å². The van der Waals surface area contributed by atoms with E-state index in [0.717, 1.165) is 0 Å². The van der Waals surface area contributed by atoms with Gasteiger partial charge in [-0.15, -0.1) is 0 Å². The van der Waals surface area contributed by atoms with Gasteiger partial charge in [-0.25, -0.2) is 4.79 Å². The van der Waals surface area contributed by atoms with Crippen LogP contribution in [0.15, 0.2) is 66.7 Å². The third-order valence-corrected chi connectivity index (χ3v) is 4.37. The number of amides is 3. The van der Waals surface area contributed by atoms with E-state index in [9.17, 15) is 9.59 Å². The van der Waals surface area contributed by atoms with Crippen LogP contribution in [-0.4, -0.2) is 26.2 Å². The van der Waals surface area contributed by atoms with Gasteiger partial charge in [-0.05, 0) is 30.3 Å². The Bertz CT molecular complexity index is 1060. The molecule has 8 heteroatoms. The second-order valence-electron chi connectivity index (χ2n) is 6.16. The van der Waals surface area contributed by atoms with Gasteiger partial charge in [0.05, 0.1) is 25.6 Å². The number of halogens is 1. The summed E-state index contributed by atoms with van der Waals surface area (Å²) < 4.78 is 10.8. The molecule has 7 nitrogen and oxygen atoms in total. The van der Waals surface area contributed by atoms with Crippen molar-refractivity contribution in [1.29, 1.82) is 0 Å². The zero-order valence-electron chi connectivity index (χ0n) is 16.4. The minimum Gasteiger partial charge on any atom is -0.494 e. The lowest BCUT2D eigenvalue weighted by Crippen LogP contribution is -2.20. The molecule has 0 aromatic heterocycles. The molecule has 3 N–H and O–H groups in total. The molecule has 0 atom stereocenters. The molecular weight excluding hydrogens is 406 g/mol. The van der Waals surface area contributed by atoms with Gasteiger partial charge >= 0.3 is 6.03 Å². The summed E-state index contributed by atoms with van der Waals surface area (Å²) in [4.78, 5) is 24.9. The summed E-state index contributed by atoms with van der Waals surface area (Å²) in [6, 6.07) is 18.2. The van der Waals surface area contributed by atoms with Gasteiger partial charge in [0.15, 0.2) is 0 Å². The number of carbonyl (C=O) groups is 2. The molecule has 0 aliphatic heterocycles. The van der Waals surface area contributed by atoms with Crippen LogP contribution in [0.1, 0.15) is 10.4 Å². The second kappa shape index (κ2) is 9.67. The van der Waals surface area contributed by atoms with Crippen LogP contribution in [0, 0.1) is 0 Å². The fraction of sp³-hybridized carbons (Fsp3) is 0.0909. The number of rotatable bonds is 6. The first-order valence-corrected chi connectivity index (χ1v) is 9.34. The third kappa shape index (κ3) is 5.21. The van der Waals surface area contributed by atoms with Crippen LogP contribution in [0.2, 0.25) is 5.02 Å². The van der Waals surface area contributed by atoms with Crippen molar-refractivity contribution in [3.63, 3.8) is 0 Å². The number of carbonyl (C=O) groups excluding carboxylic acids is 2. The first-order valence-electron chi connectivity index (χ1n) is 8.96. The third-order valence-electron chi connectivity index (χ3n) is 4.14. The Morgan fingerprint density at radius 1 is 0.767 bits per heavy atom. The Morgan fingerprint density at radius 3 is 2.00 bits per heavy atom. The first kappa shape index (κ1) is 21.0. The molecule has 3 amide bonds. The van der Waals surface area contributed by atoms with Crippen LogP contribution in [0.25, 0.3) is 0 Å². The van der Waals surface area contributed by atoms with Gasteiger partial charge in [-0.3, -0.25) is 4.79 Å². The van der Waals surface area contributed by atoms with E-state index in [2.05, 4.69) is 16.0 Å². The summed E-state index contributed by atoms with van der Waals surface area (Å²) in [6.45, 7) is 0. The van der Waals surface area contributed by atoms with Gasteiger partial charge in [-0.1, -0.05) is 35.9 Å². The highest BCUT2D eigenvalue weighted by molar-refractivity contribution is 6.30. The van der Waals surface area contributed by atoms with Crippen molar-refractivity contribution in [3.05, 3.63) is 77.3 Å². The topological polar surface area (TPSA) is 88.7 Å². The molecule has 3 rings (SSSR count). The zero-order chi connectivity index (χ0) is 21.5. The second-order valence-corrected chi connectivity index (χ2v) is 6.60. The highest BCUT2D eigenvalue weighted by Gasteiger charge is 2.16. The van der Waals surface area contributed by atoms with E-state index in [0.29, 0.717) is 39.1 Å². The number of nitrogens with one attached hydrogen (secondary N) is 3. The predicted octanol–water partition coefficient (Wildman–Crippen LogP) is 5.25. The Kier molecular flexibility index (Phi) is 6.77. The lowest BCUT2D eigenvalue weighted by molar-refractivity contribution is 0.102. The molecule has 154 valence electrons. The van der Waals surface area contributed by atoms with E-state index < -0.39 is 6.03 Å². The lowest BCUT2D eigenvalue weighted by Gasteiger charge is -2.16. The molecule has 0 unspecified atom stereocenters. The minimum atomic E-state index is -0.487. The summed E-state index contributed by atoms with van der Waals surface area (Å²) in [5.41, 5.74) is 1.81. The van der Waals surface area contributed by atoms with Crippen molar-refractivity contribution < 1.29 is 19.1 Å². The van der Waals surface area contributed by atoms with Crippen LogP contribution < -0.4 is 25.4 Å². The molecule has 0 aliphatic carbocycles. The largest absolute Gasteiger partial charge is 0.494 e. The minimum absolute atomic E-state index is 0.296. The van der Waals surface area contributed by atoms with Crippen LogP contribution >= 0.6 is 11.6 Å². The summed E-state index contributed by atoms with van der Waals surface area (Å²) in [5, 5.41) is 8.69. The average molecular weight is 426 g/mol. The van der Waals surface area contributed by atoms with Crippen LogP contribution in [0.4, 0.5) is 21.9 Å². The van der Waals surface area contributed by atoms with Crippen molar-refractivity contribution >= 4 is 40.6 Å². The molecule has 0 bridgehead atoms. The van der Waals surface area contributed by atoms with E-state index in [1.54, 1.807) is 60.7 Å². The molecule has 0 radical (unpaired) electrons. The Morgan fingerprint density at radius 2 is 1.40 bits per heavy atom. The number of methoxy groups -OCH3 is 2. The van der Waals surface area contributed by atoms with Crippen molar-refractivity contribution in [2.24, 2.45) is 0 Å². The summed E-state index contributed by atoms with van der Waals surface area (Å²) in [6.07, 6.45) is 0. The number of ether oxygens (including phenoxy) is 2. The molecule has 0 heterocycles. The van der Waals surface area contributed by atoms with Crippen molar-refractivity contribution in [2.45, 2.75) is 0 Å². The lowest BCUT2D eigenvalue weighted by atomic mass is 10.2. The zero-order valence-corrected chi connectivity index (χ0v) is 17.1. The van der Waals surface area contributed by atoms with E-state index in [1.807, 2.05) is 6.07 Å². The van der Waals surface area contributed by atoms with Crippen molar-refractivity contribution in [3.8, 4) is 11.5 Å². The van der Waals surface area contributed by atoms with E-state index in [4.69, 9.17) is 21.1 Å². The maximum atomic E-state index is 12.5. The van der Waals surface area contributed by atoms with Gasteiger partial charge in [0, 0.05) is 28.4 Å². The SMILES string of the molecule is COc1cc(NC(=O)c2ccccc2)c(OC)cc1NC(=O)Nc1cccc(Cl)c1. The molecule has 0 aliphatic rings. The maximum absolute atomic E-state index is 12.5. The Hall–Kier alpha value is -3.71. The molecule has 0 saturated carbocycles. The molecule has 3 aromatic carbocycles. The molecule has 30 heavy (non-hydrogen) atoms. The van der Waals surface area contributed by atoms with Crippen LogP contribution in [0.3, 0.4) is 0 Å². The number of hydrogen-bond donors (Lipinski definition) is 3. The standard InChI is InChI=1S/C22H20ClN3O4/c1-29-19-13-18(26-22(28)24-16-10-6-9-15(23)11-16)20(30-2)12-17(19)25-21(27)14-7-4-3-5-8-14/h3-13H,1-2H3,(H,25,27)(H2,24,26,28). The van der Waals surface area contributed by atoms with Crippen molar-refractivity contribution in [1.82, 2.24) is 0 Å². The van der Waals surface area contributed by atoms with Gasteiger partial charge in [0.25, 0.3) is 5.91 Å². The van der Waals surface area contributed by atoms with E-state index >= 15 is 0 Å². The monoisotopic (exact) mass is 425 g/mol. The Balaban J connectivity index is 1.80. The molecule has 0 saturated heterocycles. The van der Waals surface area contributed by atoms with Gasteiger partial charge < -0.3 is 25.4 Å². The van der Waals surface area contributed by atoms with Crippen LogP contribution in [-0.2, 0) is 0 Å². The molecular formula is C22H20ClN3O4. The van der Waals surface area contributed by atoms with Gasteiger partial charge in [0.2, 0.25) is 0 Å². The van der Waals surface area contributed by atoms with Gasteiger partial charge in [-0.2, -0.15) is 0 Å². The van der Waals surface area contributed by atoms with Crippen molar-refractivity contribution in [2.75, 3.05) is 30.2 Å². The number of benzene rings is 3. The van der Waals surface area contributed by atoms with E-state index in [-0.39, 0.29) is 5.91 Å². The fourth-order valence-corrected chi connectivity index (χ4v) is 2.92. The summed E-state index contributed by atoms with van der Waals surface area (Å²) >= 11 is 5.94. The number of urea groups is 1.